The normalized spacial score (nSPS) is 10.6. The quantitative estimate of drug-likeness (QED) is 0.704. The molecule has 0 fully saturated rings. The van der Waals surface area contributed by atoms with E-state index in [1.165, 1.54) is 7.11 Å². The maximum atomic E-state index is 12.1. The predicted molar refractivity (Wildman–Crippen MR) is 72.3 cm³/mol. The molecule has 0 unspecified atom stereocenters. The van der Waals surface area contributed by atoms with Crippen molar-refractivity contribution < 1.29 is 9.15 Å². The number of ether oxygens (including phenoxy) is 1. The molecule has 19 heavy (non-hydrogen) atoms. The Morgan fingerprint density at radius 1 is 1.05 bits per heavy atom. The van der Waals surface area contributed by atoms with Crippen molar-refractivity contribution in [3.8, 4) is 17.2 Å². The molecular formula is C15H11NO3. The highest BCUT2D eigenvalue weighted by Crippen LogP contribution is 2.23. The first-order valence-electron chi connectivity index (χ1n) is 5.83. The number of methoxy groups -OCH3 is 1. The second-order valence-corrected chi connectivity index (χ2v) is 4.03. The summed E-state index contributed by atoms with van der Waals surface area (Å²) in [6.45, 7) is 0. The molecule has 0 radical (unpaired) electrons. The molecule has 0 aliphatic carbocycles. The lowest BCUT2D eigenvalue weighted by Crippen LogP contribution is -2.04. The number of aromatic nitrogens is 1. The van der Waals surface area contributed by atoms with Crippen LogP contribution in [0.5, 0.6) is 5.75 Å². The van der Waals surface area contributed by atoms with Crippen molar-refractivity contribution in [2.24, 2.45) is 0 Å². The SMILES string of the molecule is COc1cccc2nc(-c3ccccc3)oc(=O)c12. The van der Waals surface area contributed by atoms with Crippen LogP contribution in [0.3, 0.4) is 0 Å². The molecule has 2 aromatic carbocycles. The van der Waals surface area contributed by atoms with Crippen molar-refractivity contribution in [1.29, 1.82) is 0 Å². The minimum Gasteiger partial charge on any atom is -0.496 e. The van der Waals surface area contributed by atoms with Crippen molar-refractivity contribution in [3.63, 3.8) is 0 Å². The van der Waals surface area contributed by atoms with Crippen LogP contribution in [0.4, 0.5) is 0 Å². The van der Waals surface area contributed by atoms with Gasteiger partial charge in [0.15, 0.2) is 0 Å². The van der Waals surface area contributed by atoms with Gasteiger partial charge in [0.2, 0.25) is 5.89 Å². The van der Waals surface area contributed by atoms with Crippen molar-refractivity contribution in [2.75, 3.05) is 7.11 Å². The molecule has 0 saturated heterocycles. The largest absolute Gasteiger partial charge is 0.496 e. The van der Waals surface area contributed by atoms with E-state index < -0.39 is 5.63 Å². The monoisotopic (exact) mass is 253 g/mol. The third kappa shape index (κ3) is 1.97. The average molecular weight is 253 g/mol. The summed E-state index contributed by atoms with van der Waals surface area (Å²) >= 11 is 0. The number of nitrogens with zero attached hydrogens (tertiary/aromatic N) is 1. The maximum Gasteiger partial charge on any atom is 0.350 e. The number of fused-ring (bicyclic) bond motifs is 1. The van der Waals surface area contributed by atoms with E-state index in [0.29, 0.717) is 22.5 Å². The molecule has 4 nitrogen and oxygen atoms in total. The summed E-state index contributed by atoms with van der Waals surface area (Å²) in [4.78, 5) is 16.4. The summed E-state index contributed by atoms with van der Waals surface area (Å²) < 4.78 is 10.4. The van der Waals surface area contributed by atoms with Crippen LogP contribution in [0.25, 0.3) is 22.4 Å². The number of hydrogen-bond acceptors (Lipinski definition) is 4. The first-order chi connectivity index (χ1) is 9.29. The molecule has 3 aromatic rings. The van der Waals surface area contributed by atoms with Gasteiger partial charge in [-0.1, -0.05) is 24.3 Å². The Labute approximate surface area is 109 Å². The highest BCUT2D eigenvalue weighted by molar-refractivity contribution is 5.84. The molecule has 0 aliphatic heterocycles. The van der Waals surface area contributed by atoms with Crippen LogP contribution in [0, 0.1) is 0 Å². The van der Waals surface area contributed by atoms with Crippen LogP contribution < -0.4 is 10.4 Å². The number of hydrogen-bond donors (Lipinski definition) is 0. The fraction of sp³-hybridized carbons (Fsp3) is 0.0667. The van der Waals surface area contributed by atoms with E-state index in [-0.39, 0.29) is 0 Å². The molecule has 0 saturated carbocycles. The minimum atomic E-state index is -0.443. The summed E-state index contributed by atoms with van der Waals surface area (Å²) in [5, 5.41) is 0.365. The van der Waals surface area contributed by atoms with Gasteiger partial charge in [0.05, 0.1) is 12.6 Å². The van der Waals surface area contributed by atoms with Gasteiger partial charge >= 0.3 is 5.63 Å². The summed E-state index contributed by atoms with van der Waals surface area (Å²) in [6.07, 6.45) is 0. The van der Waals surface area contributed by atoms with Gasteiger partial charge in [-0.05, 0) is 24.3 Å². The first-order valence-corrected chi connectivity index (χ1v) is 5.83. The van der Waals surface area contributed by atoms with Crippen LogP contribution in [0.15, 0.2) is 57.7 Å². The third-order valence-electron chi connectivity index (χ3n) is 2.86. The van der Waals surface area contributed by atoms with Crippen LogP contribution in [0.1, 0.15) is 0 Å². The Bertz CT molecular complexity index is 778. The van der Waals surface area contributed by atoms with E-state index in [2.05, 4.69) is 4.98 Å². The van der Waals surface area contributed by atoms with Crippen LogP contribution >= 0.6 is 0 Å². The fourth-order valence-corrected chi connectivity index (χ4v) is 1.96. The third-order valence-corrected chi connectivity index (χ3v) is 2.86. The summed E-state index contributed by atoms with van der Waals surface area (Å²) in [5.41, 5.74) is 0.889. The van der Waals surface area contributed by atoms with Gasteiger partial charge < -0.3 is 9.15 Å². The highest BCUT2D eigenvalue weighted by Gasteiger charge is 2.11. The van der Waals surface area contributed by atoms with E-state index >= 15 is 0 Å². The van der Waals surface area contributed by atoms with Gasteiger partial charge in [-0.3, -0.25) is 0 Å². The standard InChI is InChI=1S/C15H11NO3/c1-18-12-9-5-8-11-13(12)15(17)19-14(16-11)10-6-3-2-4-7-10/h2-9H,1H3. The fourth-order valence-electron chi connectivity index (χ4n) is 1.96. The van der Waals surface area contributed by atoms with Crippen molar-refractivity contribution in [1.82, 2.24) is 4.98 Å². The van der Waals surface area contributed by atoms with Crippen LogP contribution in [-0.2, 0) is 0 Å². The zero-order valence-corrected chi connectivity index (χ0v) is 10.3. The van der Waals surface area contributed by atoms with E-state index in [9.17, 15) is 4.79 Å². The molecule has 0 amide bonds. The molecule has 0 aliphatic rings. The Balaban J connectivity index is 2.30. The Kier molecular flexibility index (Phi) is 2.76. The zero-order chi connectivity index (χ0) is 13.2. The Hall–Kier alpha value is -2.62. The average Bonchev–Trinajstić information content (AvgIpc) is 2.47. The lowest BCUT2D eigenvalue weighted by Gasteiger charge is -2.05. The molecule has 94 valence electrons. The van der Waals surface area contributed by atoms with E-state index in [1.807, 2.05) is 30.3 Å². The highest BCUT2D eigenvalue weighted by atomic mass is 16.5. The van der Waals surface area contributed by atoms with Gasteiger partial charge in [-0.15, -0.1) is 0 Å². The zero-order valence-electron chi connectivity index (χ0n) is 10.3. The van der Waals surface area contributed by atoms with Crippen molar-refractivity contribution in [3.05, 3.63) is 59.0 Å². The second kappa shape index (κ2) is 4.57. The summed E-state index contributed by atoms with van der Waals surface area (Å²) in [7, 11) is 1.51. The minimum absolute atomic E-state index is 0.311. The lowest BCUT2D eigenvalue weighted by molar-refractivity contribution is 0.416. The predicted octanol–water partition coefficient (Wildman–Crippen LogP) is 2.86. The molecule has 0 spiro atoms. The smallest absolute Gasteiger partial charge is 0.350 e. The van der Waals surface area contributed by atoms with Crippen LogP contribution in [0.2, 0.25) is 0 Å². The molecular weight excluding hydrogens is 242 g/mol. The molecule has 0 atom stereocenters. The molecule has 1 heterocycles. The van der Waals surface area contributed by atoms with E-state index in [4.69, 9.17) is 9.15 Å². The summed E-state index contributed by atoms with van der Waals surface area (Å²) in [6, 6.07) is 14.6. The van der Waals surface area contributed by atoms with Gasteiger partial charge in [-0.2, -0.15) is 0 Å². The van der Waals surface area contributed by atoms with Crippen LogP contribution in [-0.4, -0.2) is 12.1 Å². The molecule has 4 heteroatoms. The van der Waals surface area contributed by atoms with Gasteiger partial charge in [-0.25, -0.2) is 9.78 Å². The first kappa shape index (κ1) is 11.5. The Morgan fingerprint density at radius 2 is 1.84 bits per heavy atom. The lowest BCUT2D eigenvalue weighted by atomic mass is 10.2. The van der Waals surface area contributed by atoms with E-state index in [0.717, 1.165) is 5.56 Å². The molecule has 0 bridgehead atoms. The van der Waals surface area contributed by atoms with Gasteiger partial charge in [0.25, 0.3) is 0 Å². The molecule has 1 aromatic heterocycles. The van der Waals surface area contributed by atoms with E-state index in [1.54, 1.807) is 18.2 Å². The topological polar surface area (TPSA) is 52.3 Å². The van der Waals surface area contributed by atoms with Gasteiger partial charge in [0.1, 0.15) is 11.1 Å². The van der Waals surface area contributed by atoms with Crippen molar-refractivity contribution in [2.45, 2.75) is 0 Å². The number of rotatable bonds is 2. The number of benzene rings is 2. The maximum absolute atomic E-state index is 12.1. The molecule has 3 rings (SSSR count). The Morgan fingerprint density at radius 3 is 2.58 bits per heavy atom. The van der Waals surface area contributed by atoms with Gasteiger partial charge in [0, 0.05) is 5.56 Å². The second-order valence-electron chi connectivity index (χ2n) is 4.03. The van der Waals surface area contributed by atoms with Crippen molar-refractivity contribution >= 4 is 10.9 Å². The summed E-state index contributed by atoms with van der Waals surface area (Å²) in [5.74, 6) is 0.782. The molecule has 0 N–H and O–H groups in total.